The molecule has 1 rings (SSSR count). The Balaban J connectivity index is 2.66. The molecule has 1 aromatic heterocycles. The minimum absolute atomic E-state index is 0.464. The summed E-state index contributed by atoms with van der Waals surface area (Å²) in [7, 11) is 0. The molecule has 5 heteroatoms. The number of carbonyl (C=O) groups is 2. The molecule has 98 valence electrons. The van der Waals surface area contributed by atoms with E-state index in [1.54, 1.807) is 32.9 Å². The van der Waals surface area contributed by atoms with Gasteiger partial charge in [0.15, 0.2) is 0 Å². The first-order valence-corrected chi connectivity index (χ1v) is 5.55. The van der Waals surface area contributed by atoms with E-state index in [4.69, 9.17) is 9.52 Å². The fourth-order valence-corrected chi connectivity index (χ4v) is 1.38. The number of aliphatic carboxylic acids is 1. The van der Waals surface area contributed by atoms with Crippen LogP contribution in [0.1, 0.15) is 26.5 Å². The van der Waals surface area contributed by atoms with E-state index in [9.17, 15) is 9.59 Å². The lowest BCUT2D eigenvalue weighted by Gasteiger charge is -2.27. The lowest BCUT2D eigenvalue weighted by atomic mass is 9.87. The zero-order valence-corrected chi connectivity index (χ0v) is 10.6. The largest absolute Gasteiger partial charge is 0.480 e. The van der Waals surface area contributed by atoms with Crippen molar-refractivity contribution in [2.45, 2.75) is 26.8 Å². The molecule has 0 spiro atoms. The van der Waals surface area contributed by atoms with Crippen molar-refractivity contribution < 1.29 is 19.1 Å². The first kappa shape index (κ1) is 14.0. The lowest BCUT2D eigenvalue weighted by molar-refractivity contribution is -0.144. The van der Waals surface area contributed by atoms with Crippen LogP contribution in [0.15, 0.2) is 28.9 Å². The smallest absolute Gasteiger partial charge is 0.326 e. The average Bonchev–Trinajstić information content (AvgIpc) is 2.73. The Morgan fingerprint density at radius 1 is 1.44 bits per heavy atom. The van der Waals surface area contributed by atoms with E-state index in [1.807, 2.05) is 0 Å². The Bertz CT molecular complexity index is 440. The lowest BCUT2D eigenvalue weighted by Crippen LogP contribution is -2.48. The molecule has 2 N–H and O–H groups in total. The van der Waals surface area contributed by atoms with Gasteiger partial charge in [0.1, 0.15) is 11.8 Å². The molecule has 1 amide bonds. The van der Waals surface area contributed by atoms with Crippen molar-refractivity contribution >= 4 is 18.0 Å². The van der Waals surface area contributed by atoms with Crippen LogP contribution < -0.4 is 5.32 Å². The van der Waals surface area contributed by atoms with Gasteiger partial charge in [-0.05, 0) is 23.6 Å². The quantitative estimate of drug-likeness (QED) is 0.801. The number of rotatable bonds is 4. The van der Waals surface area contributed by atoms with E-state index in [0.29, 0.717) is 5.76 Å². The molecule has 0 saturated heterocycles. The minimum atomic E-state index is -1.05. The van der Waals surface area contributed by atoms with Gasteiger partial charge in [-0.15, -0.1) is 0 Å². The Morgan fingerprint density at radius 2 is 2.11 bits per heavy atom. The fourth-order valence-electron chi connectivity index (χ4n) is 1.38. The maximum Gasteiger partial charge on any atom is 0.326 e. The van der Waals surface area contributed by atoms with Gasteiger partial charge >= 0.3 is 5.97 Å². The van der Waals surface area contributed by atoms with Gasteiger partial charge < -0.3 is 14.8 Å². The van der Waals surface area contributed by atoms with Crippen LogP contribution in [0, 0.1) is 5.41 Å². The average molecular weight is 251 g/mol. The van der Waals surface area contributed by atoms with Gasteiger partial charge in [-0.2, -0.15) is 0 Å². The van der Waals surface area contributed by atoms with Crippen LogP contribution in [0.4, 0.5) is 0 Å². The third kappa shape index (κ3) is 4.08. The molecule has 0 aromatic carbocycles. The van der Waals surface area contributed by atoms with E-state index >= 15 is 0 Å². The van der Waals surface area contributed by atoms with Crippen molar-refractivity contribution in [3.8, 4) is 0 Å². The number of carboxylic acid groups (broad SMARTS) is 1. The van der Waals surface area contributed by atoms with Crippen molar-refractivity contribution in [2.24, 2.45) is 5.41 Å². The van der Waals surface area contributed by atoms with Crippen molar-refractivity contribution in [3.63, 3.8) is 0 Å². The highest BCUT2D eigenvalue weighted by Crippen LogP contribution is 2.19. The Kier molecular flexibility index (Phi) is 4.31. The molecule has 18 heavy (non-hydrogen) atoms. The van der Waals surface area contributed by atoms with Gasteiger partial charge in [0.25, 0.3) is 0 Å². The van der Waals surface area contributed by atoms with Crippen molar-refractivity contribution in [1.82, 2.24) is 5.32 Å². The second-order valence-corrected chi connectivity index (χ2v) is 4.99. The van der Waals surface area contributed by atoms with Gasteiger partial charge in [0.05, 0.1) is 6.26 Å². The first-order chi connectivity index (χ1) is 8.30. The number of hydrogen-bond donors (Lipinski definition) is 2. The Morgan fingerprint density at radius 3 is 2.56 bits per heavy atom. The zero-order chi connectivity index (χ0) is 13.8. The zero-order valence-electron chi connectivity index (χ0n) is 10.6. The van der Waals surface area contributed by atoms with E-state index in [1.165, 1.54) is 18.4 Å². The van der Waals surface area contributed by atoms with Gasteiger partial charge in [-0.3, -0.25) is 4.79 Å². The van der Waals surface area contributed by atoms with Crippen LogP contribution in [0.2, 0.25) is 0 Å². The first-order valence-electron chi connectivity index (χ1n) is 5.55. The van der Waals surface area contributed by atoms with Gasteiger partial charge in [-0.25, -0.2) is 4.79 Å². The standard InChI is InChI=1S/C13H17NO4/c1-13(2,3)11(12(16)17)14-10(15)7-6-9-5-4-8-18-9/h4-8,11H,1-3H3,(H,14,15)(H,16,17)/b7-6+/t11-/m0/s1. The minimum Gasteiger partial charge on any atom is -0.480 e. The van der Waals surface area contributed by atoms with Crippen LogP contribution in [0.25, 0.3) is 6.08 Å². The highest BCUT2D eigenvalue weighted by molar-refractivity contribution is 5.94. The van der Waals surface area contributed by atoms with Gasteiger partial charge in [-0.1, -0.05) is 20.8 Å². The summed E-state index contributed by atoms with van der Waals surface area (Å²) in [5, 5.41) is 11.5. The number of carbonyl (C=O) groups excluding carboxylic acids is 1. The molecule has 0 fully saturated rings. The molecular weight excluding hydrogens is 234 g/mol. The van der Waals surface area contributed by atoms with Gasteiger partial charge in [0, 0.05) is 6.08 Å². The number of amides is 1. The Hall–Kier alpha value is -2.04. The monoisotopic (exact) mass is 251 g/mol. The summed E-state index contributed by atoms with van der Waals surface area (Å²) < 4.78 is 5.02. The molecule has 1 heterocycles. The van der Waals surface area contributed by atoms with Crippen molar-refractivity contribution in [2.75, 3.05) is 0 Å². The van der Waals surface area contributed by atoms with Crippen molar-refractivity contribution in [1.29, 1.82) is 0 Å². The van der Waals surface area contributed by atoms with E-state index in [2.05, 4.69) is 5.32 Å². The summed E-state index contributed by atoms with van der Waals surface area (Å²) >= 11 is 0. The summed E-state index contributed by atoms with van der Waals surface area (Å²) in [6, 6.07) is 2.46. The number of carboxylic acids is 1. The maximum atomic E-state index is 11.6. The van der Waals surface area contributed by atoms with Crippen LogP contribution in [0.3, 0.4) is 0 Å². The molecule has 0 aliphatic rings. The molecule has 0 unspecified atom stereocenters. The van der Waals surface area contributed by atoms with E-state index in [-0.39, 0.29) is 0 Å². The molecule has 0 radical (unpaired) electrons. The van der Waals surface area contributed by atoms with Crippen molar-refractivity contribution in [3.05, 3.63) is 30.2 Å². The van der Waals surface area contributed by atoms with E-state index < -0.39 is 23.3 Å². The van der Waals surface area contributed by atoms with Crippen LogP contribution in [-0.2, 0) is 9.59 Å². The number of furan rings is 1. The summed E-state index contributed by atoms with van der Waals surface area (Å²) in [4.78, 5) is 22.7. The molecule has 0 bridgehead atoms. The highest BCUT2D eigenvalue weighted by Gasteiger charge is 2.31. The second-order valence-electron chi connectivity index (χ2n) is 4.99. The maximum absolute atomic E-state index is 11.6. The Labute approximate surface area is 105 Å². The molecule has 0 saturated carbocycles. The number of hydrogen-bond acceptors (Lipinski definition) is 3. The predicted molar refractivity (Wildman–Crippen MR) is 66.8 cm³/mol. The summed E-state index contributed by atoms with van der Waals surface area (Å²) in [5.74, 6) is -0.983. The molecule has 0 aliphatic heterocycles. The van der Waals surface area contributed by atoms with Gasteiger partial charge in [0.2, 0.25) is 5.91 Å². The third-order valence-electron chi connectivity index (χ3n) is 2.34. The summed E-state index contributed by atoms with van der Waals surface area (Å²) in [5.41, 5.74) is -0.556. The molecule has 5 nitrogen and oxygen atoms in total. The SMILES string of the molecule is CC(C)(C)[C@@H](NC(=O)/C=C/c1ccco1)C(=O)O. The van der Waals surface area contributed by atoms with E-state index in [0.717, 1.165) is 0 Å². The molecule has 1 atom stereocenters. The predicted octanol–water partition coefficient (Wildman–Crippen LogP) is 1.91. The van der Waals surface area contributed by atoms with Crippen LogP contribution >= 0.6 is 0 Å². The molecule has 0 aliphatic carbocycles. The third-order valence-corrected chi connectivity index (χ3v) is 2.34. The normalized spacial score (nSPS) is 13.5. The molecule has 1 aromatic rings. The number of nitrogens with one attached hydrogen (secondary N) is 1. The fraction of sp³-hybridized carbons (Fsp3) is 0.385. The summed E-state index contributed by atoms with van der Waals surface area (Å²) in [6.07, 6.45) is 4.23. The van der Waals surface area contributed by atoms with Crippen LogP contribution in [-0.4, -0.2) is 23.0 Å². The second kappa shape index (κ2) is 5.53. The summed E-state index contributed by atoms with van der Waals surface area (Å²) in [6.45, 7) is 5.26. The highest BCUT2D eigenvalue weighted by atomic mass is 16.4. The van der Waals surface area contributed by atoms with Crippen LogP contribution in [0.5, 0.6) is 0 Å². The molecular formula is C13H17NO4. The topological polar surface area (TPSA) is 79.5 Å².